The highest BCUT2D eigenvalue weighted by Crippen LogP contribution is 2.24. The monoisotopic (exact) mass is 379 g/mol. The van der Waals surface area contributed by atoms with E-state index >= 15 is 0 Å². The normalized spacial score (nSPS) is 17.6. The van der Waals surface area contributed by atoms with Crippen LogP contribution in [0.25, 0.3) is 0 Å². The second-order valence-electron chi connectivity index (χ2n) is 7.24. The topological polar surface area (TPSA) is 61.9 Å². The third kappa shape index (κ3) is 4.27. The van der Waals surface area contributed by atoms with Crippen molar-refractivity contribution in [2.24, 2.45) is 0 Å². The number of hydrogen-bond donors (Lipinski definition) is 1. The summed E-state index contributed by atoms with van der Waals surface area (Å²) in [6.07, 6.45) is 3.30. The molecule has 2 heterocycles. The van der Waals surface area contributed by atoms with E-state index in [2.05, 4.69) is 5.32 Å². The van der Waals surface area contributed by atoms with Gasteiger partial charge in [0, 0.05) is 50.3 Å². The summed E-state index contributed by atoms with van der Waals surface area (Å²) in [4.78, 5) is 28.0. The number of hydrogen-bond acceptors (Lipinski definition) is 3. The van der Waals surface area contributed by atoms with Crippen LogP contribution in [-0.4, -0.2) is 42.6 Å². The molecule has 0 spiro atoms. The van der Waals surface area contributed by atoms with Gasteiger partial charge in [0.05, 0.1) is 0 Å². The highest BCUT2D eigenvalue weighted by Gasteiger charge is 2.24. The lowest BCUT2D eigenvalue weighted by Gasteiger charge is -2.32. The minimum absolute atomic E-state index is 0.0943. The van der Waals surface area contributed by atoms with Crippen LogP contribution in [0.15, 0.2) is 54.6 Å². The lowest BCUT2D eigenvalue weighted by Crippen LogP contribution is -2.43. The van der Waals surface area contributed by atoms with Crippen molar-refractivity contribution in [3.63, 3.8) is 0 Å². The quantitative estimate of drug-likeness (QED) is 0.877. The minimum atomic E-state index is -0.0943. The van der Waals surface area contributed by atoms with Gasteiger partial charge >= 0.3 is 6.03 Å². The molecule has 0 atom stereocenters. The Balaban J connectivity index is 1.27. The lowest BCUT2D eigenvalue weighted by atomic mass is 10.1. The highest BCUT2D eigenvalue weighted by molar-refractivity contribution is 5.96. The zero-order chi connectivity index (χ0) is 19.3. The molecule has 0 saturated carbocycles. The fourth-order valence-corrected chi connectivity index (χ4v) is 3.72. The van der Waals surface area contributed by atoms with Gasteiger partial charge in [-0.2, -0.15) is 0 Å². The standard InChI is InChI=1S/C22H25N3O3/c26-21-7-4-14-25(21)18-10-8-17(9-11-18)23-22(27)24-15-12-20(13-16-24)28-19-5-2-1-3-6-19/h1-3,5-6,8-11,20H,4,7,12-16H2,(H,23,27). The molecule has 1 N–H and O–H groups in total. The molecule has 2 aliphatic heterocycles. The van der Waals surface area contributed by atoms with Crippen LogP contribution < -0.4 is 15.0 Å². The lowest BCUT2D eigenvalue weighted by molar-refractivity contribution is -0.117. The van der Waals surface area contributed by atoms with Crippen molar-refractivity contribution in [3.05, 3.63) is 54.6 Å². The second-order valence-corrected chi connectivity index (χ2v) is 7.24. The van der Waals surface area contributed by atoms with Crippen LogP contribution in [0, 0.1) is 0 Å². The van der Waals surface area contributed by atoms with Gasteiger partial charge in [0.1, 0.15) is 11.9 Å². The fourth-order valence-electron chi connectivity index (χ4n) is 3.72. The van der Waals surface area contributed by atoms with Crippen LogP contribution in [0.4, 0.5) is 16.2 Å². The zero-order valence-corrected chi connectivity index (χ0v) is 15.8. The van der Waals surface area contributed by atoms with E-state index in [4.69, 9.17) is 4.74 Å². The molecule has 28 heavy (non-hydrogen) atoms. The molecule has 0 radical (unpaired) electrons. The number of rotatable bonds is 4. The van der Waals surface area contributed by atoms with E-state index in [9.17, 15) is 9.59 Å². The smallest absolute Gasteiger partial charge is 0.321 e. The van der Waals surface area contributed by atoms with Crippen molar-refractivity contribution in [2.75, 3.05) is 29.9 Å². The first kappa shape index (κ1) is 18.3. The fraction of sp³-hybridized carbons (Fsp3) is 0.364. The molecule has 0 unspecified atom stereocenters. The zero-order valence-electron chi connectivity index (χ0n) is 15.8. The predicted octanol–water partition coefficient (Wildman–Crippen LogP) is 3.89. The maximum absolute atomic E-state index is 12.5. The van der Waals surface area contributed by atoms with Gasteiger partial charge in [0.25, 0.3) is 0 Å². The van der Waals surface area contributed by atoms with E-state index in [1.165, 1.54) is 0 Å². The molecule has 0 aromatic heterocycles. The Kier molecular flexibility index (Phi) is 5.46. The summed E-state index contributed by atoms with van der Waals surface area (Å²) in [6, 6.07) is 17.2. The SMILES string of the molecule is O=C(Nc1ccc(N2CCCC2=O)cc1)N1CCC(Oc2ccccc2)CC1. The van der Waals surface area contributed by atoms with Gasteiger partial charge in [-0.1, -0.05) is 18.2 Å². The molecule has 6 heteroatoms. The molecule has 3 amide bonds. The summed E-state index contributed by atoms with van der Waals surface area (Å²) in [6.45, 7) is 2.11. The highest BCUT2D eigenvalue weighted by atomic mass is 16.5. The van der Waals surface area contributed by atoms with Gasteiger partial charge in [-0.25, -0.2) is 4.79 Å². The van der Waals surface area contributed by atoms with Crippen molar-refractivity contribution in [1.82, 2.24) is 4.90 Å². The number of likely N-dealkylation sites (tertiary alicyclic amines) is 1. The van der Waals surface area contributed by atoms with Gasteiger partial charge in [0.2, 0.25) is 5.91 Å². The number of ether oxygens (including phenoxy) is 1. The summed E-state index contributed by atoms with van der Waals surface area (Å²) >= 11 is 0. The Morgan fingerprint density at radius 2 is 1.68 bits per heavy atom. The summed E-state index contributed by atoms with van der Waals surface area (Å²) in [5, 5.41) is 2.95. The third-order valence-electron chi connectivity index (χ3n) is 5.28. The summed E-state index contributed by atoms with van der Waals surface area (Å²) in [7, 11) is 0. The summed E-state index contributed by atoms with van der Waals surface area (Å²) in [5.74, 6) is 1.04. The van der Waals surface area contributed by atoms with E-state index in [-0.39, 0.29) is 18.0 Å². The second kappa shape index (κ2) is 8.33. The number of piperidine rings is 1. The number of urea groups is 1. The molecule has 2 aromatic rings. The van der Waals surface area contributed by atoms with Gasteiger partial charge in [-0.15, -0.1) is 0 Å². The van der Waals surface area contributed by atoms with E-state index in [0.717, 1.165) is 42.9 Å². The van der Waals surface area contributed by atoms with Gasteiger partial charge in [-0.3, -0.25) is 4.79 Å². The molecule has 4 rings (SSSR count). The van der Waals surface area contributed by atoms with Crippen molar-refractivity contribution in [2.45, 2.75) is 31.8 Å². The Bertz CT molecular complexity index is 815. The van der Waals surface area contributed by atoms with Crippen LogP contribution in [-0.2, 0) is 4.79 Å². The molecular weight excluding hydrogens is 354 g/mol. The molecule has 6 nitrogen and oxygen atoms in total. The number of carbonyl (C=O) groups excluding carboxylic acids is 2. The van der Waals surface area contributed by atoms with Gasteiger partial charge in [-0.05, 0) is 42.8 Å². The molecule has 0 aliphatic carbocycles. The number of para-hydroxylation sites is 1. The Morgan fingerprint density at radius 1 is 0.964 bits per heavy atom. The third-order valence-corrected chi connectivity index (χ3v) is 5.28. The van der Waals surface area contributed by atoms with Crippen LogP contribution in [0.3, 0.4) is 0 Å². The van der Waals surface area contributed by atoms with Crippen LogP contribution in [0.1, 0.15) is 25.7 Å². The average Bonchev–Trinajstić information content (AvgIpc) is 3.16. The summed E-state index contributed by atoms with van der Waals surface area (Å²) in [5.41, 5.74) is 1.63. The van der Waals surface area contributed by atoms with Gasteiger partial charge < -0.3 is 19.9 Å². The molecular formula is C22H25N3O3. The first-order valence-corrected chi connectivity index (χ1v) is 9.87. The molecule has 2 fully saturated rings. The number of carbonyl (C=O) groups is 2. The minimum Gasteiger partial charge on any atom is -0.490 e. The van der Waals surface area contributed by atoms with Crippen molar-refractivity contribution < 1.29 is 14.3 Å². The van der Waals surface area contributed by atoms with Crippen molar-refractivity contribution >= 4 is 23.3 Å². The van der Waals surface area contributed by atoms with E-state index in [0.29, 0.717) is 19.5 Å². The average molecular weight is 379 g/mol. The number of anilines is 2. The first-order chi connectivity index (χ1) is 13.7. The number of nitrogens with zero attached hydrogens (tertiary/aromatic N) is 2. The molecule has 0 bridgehead atoms. The van der Waals surface area contributed by atoms with Crippen LogP contribution in [0.2, 0.25) is 0 Å². The number of benzene rings is 2. The Morgan fingerprint density at radius 3 is 2.32 bits per heavy atom. The first-order valence-electron chi connectivity index (χ1n) is 9.87. The van der Waals surface area contributed by atoms with E-state index in [1.54, 1.807) is 4.90 Å². The molecule has 2 saturated heterocycles. The number of amides is 3. The molecule has 146 valence electrons. The molecule has 2 aliphatic rings. The summed E-state index contributed by atoms with van der Waals surface area (Å²) < 4.78 is 5.98. The largest absolute Gasteiger partial charge is 0.490 e. The maximum Gasteiger partial charge on any atom is 0.321 e. The van der Waals surface area contributed by atoms with Crippen molar-refractivity contribution in [1.29, 1.82) is 0 Å². The van der Waals surface area contributed by atoms with E-state index < -0.39 is 0 Å². The van der Waals surface area contributed by atoms with Crippen LogP contribution >= 0.6 is 0 Å². The Hall–Kier alpha value is -3.02. The van der Waals surface area contributed by atoms with Gasteiger partial charge in [0.15, 0.2) is 0 Å². The van der Waals surface area contributed by atoms with Crippen molar-refractivity contribution in [3.8, 4) is 5.75 Å². The number of nitrogens with one attached hydrogen (secondary N) is 1. The van der Waals surface area contributed by atoms with Crippen LogP contribution in [0.5, 0.6) is 5.75 Å². The van der Waals surface area contributed by atoms with E-state index in [1.807, 2.05) is 59.5 Å². The predicted molar refractivity (Wildman–Crippen MR) is 109 cm³/mol. The molecule has 2 aromatic carbocycles. The Labute approximate surface area is 165 Å². The maximum atomic E-state index is 12.5.